The molecule has 0 aromatic heterocycles. The minimum atomic E-state index is -3.86. The van der Waals surface area contributed by atoms with E-state index in [0.29, 0.717) is 6.42 Å². The Morgan fingerprint density at radius 3 is 2.47 bits per heavy atom. The fraction of sp³-hybridized carbons (Fsp3) is 0.560. The van der Waals surface area contributed by atoms with Crippen molar-refractivity contribution in [2.45, 2.75) is 74.4 Å². The Bertz CT molecular complexity index is 1060. The molecule has 2 aliphatic rings. The second-order valence-corrected chi connectivity index (χ2v) is 12.3. The van der Waals surface area contributed by atoms with Crippen molar-refractivity contribution in [1.29, 1.82) is 0 Å². The number of hydrogen-bond donors (Lipinski definition) is 2. The van der Waals surface area contributed by atoms with Gasteiger partial charge in [-0.15, -0.1) is 6.58 Å². The SMILES string of the molecule is C=CCCC(=O)N[C@H](C(=O)N1C[C@H](NS(=O)(=O)c2ccc(I)cc2)C[C@@H]1C(=O)OC)C1CCCCC1. The lowest BCUT2D eigenvalue weighted by atomic mass is 9.83. The van der Waals surface area contributed by atoms with E-state index in [4.69, 9.17) is 4.74 Å². The number of likely N-dealkylation sites (tertiary alicyclic amines) is 1. The number of allylic oxidation sites excluding steroid dienone is 1. The standard InChI is InChI=1S/C25H34IN3O6S/c1-3-4-10-22(30)27-23(17-8-6-5-7-9-17)24(31)29-16-19(15-21(29)25(32)35-2)28-36(33,34)20-13-11-18(26)12-14-20/h3,11-14,17,19,21,23,28H,1,4-10,15-16H2,2H3,(H,27,30)/t19-,21-,23+/m1/s1. The van der Waals surface area contributed by atoms with E-state index in [1.165, 1.54) is 24.1 Å². The molecule has 1 saturated carbocycles. The van der Waals surface area contributed by atoms with Crippen LogP contribution in [0, 0.1) is 9.49 Å². The van der Waals surface area contributed by atoms with Gasteiger partial charge in [-0.1, -0.05) is 25.3 Å². The highest BCUT2D eigenvalue weighted by Gasteiger charge is 2.45. The van der Waals surface area contributed by atoms with Gasteiger partial charge in [0.1, 0.15) is 12.1 Å². The Balaban J connectivity index is 1.81. The molecule has 2 N–H and O–H groups in total. The van der Waals surface area contributed by atoms with Gasteiger partial charge in [-0.05, 0) is 78.5 Å². The van der Waals surface area contributed by atoms with Crippen molar-refractivity contribution in [3.8, 4) is 0 Å². The number of ether oxygens (including phenoxy) is 1. The fourth-order valence-electron chi connectivity index (χ4n) is 4.93. The van der Waals surface area contributed by atoms with Crippen LogP contribution in [0.1, 0.15) is 51.4 Å². The van der Waals surface area contributed by atoms with Crippen LogP contribution >= 0.6 is 22.6 Å². The molecule has 1 heterocycles. The van der Waals surface area contributed by atoms with Gasteiger partial charge in [-0.25, -0.2) is 17.9 Å². The van der Waals surface area contributed by atoms with Gasteiger partial charge in [-0.2, -0.15) is 0 Å². The number of rotatable bonds is 10. The van der Waals surface area contributed by atoms with E-state index >= 15 is 0 Å². The van der Waals surface area contributed by atoms with Crippen molar-refractivity contribution in [1.82, 2.24) is 14.9 Å². The zero-order valence-corrected chi connectivity index (χ0v) is 23.4. The van der Waals surface area contributed by atoms with Crippen LogP contribution in [-0.2, 0) is 29.1 Å². The predicted octanol–water partition coefficient (Wildman–Crippen LogP) is 2.74. The van der Waals surface area contributed by atoms with Crippen molar-refractivity contribution in [2.24, 2.45) is 5.92 Å². The molecular weight excluding hydrogens is 597 g/mol. The molecule has 198 valence electrons. The summed E-state index contributed by atoms with van der Waals surface area (Å²) in [6.07, 6.45) is 7.08. The van der Waals surface area contributed by atoms with Crippen molar-refractivity contribution in [3.05, 3.63) is 40.5 Å². The molecule has 3 atom stereocenters. The quantitative estimate of drug-likeness (QED) is 0.233. The molecule has 11 heteroatoms. The summed E-state index contributed by atoms with van der Waals surface area (Å²) >= 11 is 2.09. The van der Waals surface area contributed by atoms with Crippen molar-refractivity contribution < 1.29 is 27.5 Å². The molecule has 2 fully saturated rings. The molecule has 1 aromatic rings. The van der Waals surface area contributed by atoms with Crippen LogP contribution in [0.25, 0.3) is 0 Å². The molecule has 1 aliphatic carbocycles. The minimum Gasteiger partial charge on any atom is -0.467 e. The van der Waals surface area contributed by atoms with Gasteiger partial charge in [-0.3, -0.25) is 9.59 Å². The molecule has 1 aliphatic heterocycles. The monoisotopic (exact) mass is 631 g/mol. The summed E-state index contributed by atoms with van der Waals surface area (Å²) in [6.45, 7) is 3.65. The van der Waals surface area contributed by atoms with Crippen molar-refractivity contribution >= 4 is 50.4 Å². The molecule has 9 nitrogen and oxygen atoms in total. The number of sulfonamides is 1. The highest BCUT2D eigenvalue weighted by atomic mass is 127. The van der Waals surface area contributed by atoms with Gasteiger partial charge >= 0.3 is 5.97 Å². The molecule has 0 bridgehead atoms. The largest absolute Gasteiger partial charge is 0.467 e. The maximum atomic E-state index is 13.8. The van der Waals surface area contributed by atoms with Gasteiger partial charge in [0.2, 0.25) is 21.8 Å². The predicted molar refractivity (Wildman–Crippen MR) is 143 cm³/mol. The number of methoxy groups -OCH3 is 1. The normalized spacial score (nSPS) is 21.6. The lowest BCUT2D eigenvalue weighted by Gasteiger charge is -2.34. The van der Waals surface area contributed by atoms with Crippen LogP contribution in [0.4, 0.5) is 0 Å². The smallest absolute Gasteiger partial charge is 0.328 e. The van der Waals surface area contributed by atoms with Crippen LogP contribution in [-0.4, -0.2) is 62.9 Å². The second kappa shape index (κ2) is 13.0. The summed E-state index contributed by atoms with van der Waals surface area (Å²) in [6, 6.07) is 4.02. The topological polar surface area (TPSA) is 122 Å². The van der Waals surface area contributed by atoms with Gasteiger partial charge < -0.3 is 15.0 Å². The number of halogens is 1. The number of hydrogen-bond acceptors (Lipinski definition) is 6. The van der Waals surface area contributed by atoms with Gasteiger partial charge in [0.15, 0.2) is 0 Å². The first-order chi connectivity index (χ1) is 17.2. The molecule has 0 unspecified atom stereocenters. The van der Waals surface area contributed by atoms with E-state index < -0.39 is 34.1 Å². The lowest BCUT2D eigenvalue weighted by Crippen LogP contribution is -2.55. The first kappa shape index (κ1) is 28.6. The minimum absolute atomic E-state index is 0.00788. The second-order valence-electron chi connectivity index (χ2n) is 9.31. The zero-order chi connectivity index (χ0) is 26.3. The number of nitrogens with one attached hydrogen (secondary N) is 2. The van der Waals surface area contributed by atoms with E-state index in [0.717, 1.165) is 35.7 Å². The van der Waals surface area contributed by atoms with Gasteiger partial charge in [0.25, 0.3) is 0 Å². The maximum absolute atomic E-state index is 13.8. The van der Waals surface area contributed by atoms with E-state index in [1.54, 1.807) is 18.2 Å². The summed E-state index contributed by atoms with van der Waals surface area (Å²) in [4.78, 5) is 40.5. The van der Waals surface area contributed by atoms with Crippen LogP contribution < -0.4 is 10.0 Å². The number of nitrogens with zero attached hydrogens (tertiary/aromatic N) is 1. The number of amides is 2. The first-order valence-electron chi connectivity index (χ1n) is 12.2. The number of benzene rings is 1. The van der Waals surface area contributed by atoms with E-state index in [-0.39, 0.29) is 42.0 Å². The maximum Gasteiger partial charge on any atom is 0.328 e. The van der Waals surface area contributed by atoms with Gasteiger partial charge in [0.05, 0.1) is 12.0 Å². The van der Waals surface area contributed by atoms with Crippen molar-refractivity contribution in [3.63, 3.8) is 0 Å². The third kappa shape index (κ3) is 7.28. The highest BCUT2D eigenvalue weighted by molar-refractivity contribution is 14.1. The molecule has 3 rings (SSSR count). The number of esters is 1. The van der Waals surface area contributed by atoms with Crippen molar-refractivity contribution in [2.75, 3.05) is 13.7 Å². The Morgan fingerprint density at radius 1 is 1.19 bits per heavy atom. The fourth-order valence-corrected chi connectivity index (χ4v) is 6.53. The van der Waals surface area contributed by atoms with Gasteiger partial charge in [0, 0.05) is 22.6 Å². The molecule has 36 heavy (non-hydrogen) atoms. The van der Waals surface area contributed by atoms with E-state index in [1.807, 2.05) is 0 Å². The summed E-state index contributed by atoms with van der Waals surface area (Å²) < 4.78 is 34.4. The Hall–Kier alpha value is -1.99. The summed E-state index contributed by atoms with van der Waals surface area (Å²) in [5.74, 6) is -1.27. The van der Waals surface area contributed by atoms with Crippen LogP contribution in [0.15, 0.2) is 41.8 Å². The molecule has 0 spiro atoms. The van der Waals surface area contributed by atoms with E-state index in [2.05, 4.69) is 39.2 Å². The number of carbonyl (C=O) groups is 3. The van der Waals surface area contributed by atoms with Crippen LogP contribution in [0.3, 0.4) is 0 Å². The third-order valence-corrected chi connectivity index (χ3v) is 9.04. The number of carbonyl (C=O) groups excluding carboxylic acids is 3. The first-order valence-corrected chi connectivity index (χ1v) is 14.8. The molecule has 0 radical (unpaired) electrons. The summed E-state index contributed by atoms with van der Waals surface area (Å²) in [7, 11) is -2.62. The molecule has 1 saturated heterocycles. The summed E-state index contributed by atoms with van der Waals surface area (Å²) in [5, 5.41) is 2.90. The van der Waals surface area contributed by atoms with Crippen LogP contribution in [0.5, 0.6) is 0 Å². The molecule has 1 aromatic carbocycles. The average Bonchev–Trinajstić information content (AvgIpc) is 3.29. The summed E-state index contributed by atoms with van der Waals surface area (Å²) in [5.41, 5.74) is 0. The molecule has 2 amide bonds. The van der Waals surface area contributed by atoms with E-state index in [9.17, 15) is 22.8 Å². The Labute approximate surface area is 226 Å². The van der Waals surface area contributed by atoms with Crippen LogP contribution in [0.2, 0.25) is 0 Å². The Morgan fingerprint density at radius 2 is 1.86 bits per heavy atom. The average molecular weight is 632 g/mol. The third-order valence-electron chi connectivity index (χ3n) is 6.78. The lowest BCUT2D eigenvalue weighted by molar-refractivity contribution is -0.152. The molecular formula is C25H34IN3O6S. The highest BCUT2D eigenvalue weighted by Crippen LogP contribution is 2.30. The Kier molecular flexibility index (Phi) is 10.3. The zero-order valence-electron chi connectivity index (χ0n) is 20.5.